The third-order valence-electron chi connectivity index (χ3n) is 7.46. The second kappa shape index (κ2) is 14.1. The Balaban J connectivity index is 1.21. The number of nitro groups is 1. The summed E-state index contributed by atoms with van der Waals surface area (Å²) in [6, 6.07) is 27.7. The van der Waals surface area contributed by atoms with Crippen LogP contribution in [0.2, 0.25) is 0 Å². The fourth-order valence-corrected chi connectivity index (χ4v) is 5.71. The average Bonchev–Trinajstić information content (AvgIpc) is 3.56. The van der Waals surface area contributed by atoms with Gasteiger partial charge in [0.25, 0.3) is 5.91 Å². The summed E-state index contributed by atoms with van der Waals surface area (Å²) in [6.07, 6.45) is 0. The number of phenols is 1. The van der Waals surface area contributed by atoms with Gasteiger partial charge in [-0.25, -0.2) is 0 Å². The number of ether oxygens (including phenoxy) is 2. The Kier molecular flexibility index (Phi) is 9.34. The van der Waals surface area contributed by atoms with E-state index in [0.717, 1.165) is 16.9 Å². The molecule has 0 aliphatic carbocycles. The van der Waals surface area contributed by atoms with E-state index in [2.05, 4.69) is 26.3 Å². The van der Waals surface area contributed by atoms with Crippen LogP contribution in [0.4, 0.5) is 11.4 Å². The maximum Gasteiger partial charge on any atom is 0.311 e. The first kappa shape index (κ1) is 31.8. The number of amides is 1. The van der Waals surface area contributed by atoms with Crippen molar-refractivity contribution in [2.24, 2.45) is 0 Å². The zero-order valence-corrected chi connectivity index (χ0v) is 26.6. The predicted molar refractivity (Wildman–Crippen MR) is 181 cm³/mol. The van der Waals surface area contributed by atoms with E-state index >= 15 is 0 Å². The van der Waals surface area contributed by atoms with E-state index in [-0.39, 0.29) is 28.5 Å². The molecule has 48 heavy (non-hydrogen) atoms. The van der Waals surface area contributed by atoms with Crippen LogP contribution in [0.5, 0.6) is 23.0 Å². The fourth-order valence-electron chi connectivity index (χ4n) is 4.91. The number of tetrazole rings is 1. The van der Waals surface area contributed by atoms with Crippen LogP contribution in [0, 0.1) is 17.0 Å². The normalized spacial score (nSPS) is 10.9. The van der Waals surface area contributed by atoms with Gasteiger partial charge in [-0.05, 0) is 64.4 Å². The van der Waals surface area contributed by atoms with Gasteiger partial charge in [-0.1, -0.05) is 77.5 Å². The molecule has 6 rings (SSSR count). The Hall–Kier alpha value is -6.15. The number of para-hydroxylation sites is 1. The molecule has 0 unspecified atom stereocenters. The first-order valence-electron chi connectivity index (χ1n) is 14.7. The lowest BCUT2D eigenvalue weighted by Crippen LogP contribution is -2.17. The minimum atomic E-state index is -0.555. The summed E-state index contributed by atoms with van der Waals surface area (Å²) in [7, 11) is 1.61. The number of aryl methyl sites for hydroxylation is 1. The van der Waals surface area contributed by atoms with Gasteiger partial charge >= 0.3 is 5.69 Å². The molecule has 0 saturated heterocycles. The quantitative estimate of drug-likeness (QED) is 0.0713. The van der Waals surface area contributed by atoms with Crippen LogP contribution in [0.1, 0.15) is 27.0 Å². The van der Waals surface area contributed by atoms with E-state index in [9.17, 15) is 20.0 Å². The van der Waals surface area contributed by atoms with Gasteiger partial charge in [-0.15, -0.1) is 4.79 Å². The summed E-state index contributed by atoms with van der Waals surface area (Å²) in [5.41, 5.74) is 5.89. The van der Waals surface area contributed by atoms with Crippen molar-refractivity contribution in [3.05, 3.63) is 129 Å². The lowest BCUT2D eigenvalue weighted by Gasteiger charge is -2.15. The van der Waals surface area contributed by atoms with Crippen LogP contribution in [-0.2, 0) is 12.3 Å². The number of nitrogens with one attached hydrogen (secondary N) is 2. The molecule has 13 nitrogen and oxygen atoms in total. The lowest BCUT2D eigenvalue weighted by atomic mass is 10.0. The highest BCUT2D eigenvalue weighted by atomic mass is 32.2. The van der Waals surface area contributed by atoms with Crippen LogP contribution in [-0.4, -0.2) is 43.4 Å². The van der Waals surface area contributed by atoms with Crippen molar-refractivity contribution < 1.29 is 24.3 Å². The maximum absolute atomic E-state index is 13.3. The first-order valence-corrected chi connectivity index (χ1v) is 15.6. The Labute approximate surface area is 278 Å². The van der Waals surface area contributed by atoms with E-state index < -0.39 is 10.8 Å². The molecule has 1 aromatic heterocycles. The molecule has 242 valence electrons. The number of hydrogen-bond acceptors (Lipinski definition) is 11. The number of thioether (sulfide) groups is 1. The summed E-state index contributed by atoms with van der Waals surface area (Å²) < 4.78 is 11.3. The molecule has 0 radical (unpaired) electrons. The van der Waals surface area contributed by atoms with E-state index in [0.29, 0.717) is 39.5 Å². The van der Waals surface area contributed by atoms with E-state index in [1.54, 1.807) is 49.6 Å². The van der Waals surface area contributed by atoms with Crippen LogP contribution in [0.3, 0.4) is 0 Å². The van der Waals surface area contributed by atoms with Crippen LogP contribution in [0.15, 0.2) is 102 Å². The number of benzene rings is 5. The van der Waals surface area contributed by atoms with Crippen LogP contribution >= 0.6 is 11.8 Å². The Morgan fingerprint density at radius 3 is 2.44 bits per heavy atom. The minimum absolute atomic E-state index is 0.0270. The number of rotatable bonds is 12. The van der Waals surface area contributed by atoms with Crippen molar-refractivity contribution in [3.8, 4) is 23.0 Å². The summed E-state index contributed by atoms with van der Waals surface area (Å²) in [4.78, 5) is 26.4. The summed E-state index contributed by atoms with van der Waals surface area (Å²) in [5, 5.41) is 39.2. The number of nitro benzene ring substituents is 1. The molecule has 1 amide bonds. The van der Waals surface area contributed by atoms with Gasteiger partial charge in [0, 0.05) is 28.3 Å². The first-order chi connectivity index (χ1) is 23.3. The van der Waals surface area contributed by atoms with Gasteiger partial charge in [0.2, 0.25) is 10.9 Å². The standard InChI is InChI=1S/C34H29N7O6S/c1-21-7-3-6-10-28(21)36-33(43)27-18-31(25-8-4-5-9-26(25)32(27)42)47-30-16-13-23(17-29(30)41(44)45)20-48-34-37-38-39-40(34)35-19-22-11-14-24(46-2)15-12-22/h3-18,35,42H,19-20H2,1-2H3,(H,36,43). The van der Waals surface area contributed by atoms with Gasteiger partial charge in [-0.3, -0.25) is 14.9 Å². The smallest absolute Gasteiger partial charge is 0.311 e. The Bertz CT molecular complexity index is 2120. The number of aromatic nitrogens is 4. The summed E-state index contributed by atoms with van der Waals surface area (Å²) >= 11 is 1.30. The Morgan fingerprint density at radius 1 is 0.958 bits per heavy atom. The van der Waals surface area contributed by atoms with Gasteiger partial charge in [0.05, 0.1) is 24.1 Å². The van der Waals surface area contributed by atoms with Gasteiger partial charge in [-0.2, -0.15) is 0 Å². The zero-order valence-electron chi connectivity index (χ0n) is 25.8. The molecular formula is C34H29N7O6S. The van der Waals surface area contributed by atoms with Crippen molar-refractivity contribution in [2.45, 2.75) is 24.4 Å². The number of methoxy groups -OCH3 is 1. The highest BCUT2D eigenvalue weighted by Gasteiger charge is 2.22. The largest absolute Gasteiger partial charge is 0.506 e. The molecule has 0 aliphatic heterocycles. The molecule has 0 fully saturated rings. The third-order valence-corrected chi connectivity index (χ3v) is 8.45. The van der Waals surface area contributed by atoms with Crippen molar-refractivity contribution >= 4 is 39.8 Å². The van der Waals surface area contributed by atoms with Gasteiger partial charge < -0.3 is 25.3 Å². The van der Waals surface area contributed by atoms with Gasteiger partial charge in [0.1, 0.15) is 17.2 Å². The second-order valence-electron chi connectivity index (χ2n) is 10.6. The molecule has 0 bridgehead atoms. The van der Waals surface area contributed by atoms with Crippen LogP contribution in [0.25, 0.3) is 10.8 Å². The molecule has 14 heteroatoms. The molecule has 3 N–H and O–H groups in total. The second-order valence-corrected chi connectivity index (χ2v) is 11.5. The SMILES string of the molecule is COc1ccc(CNn2nnnc2SCc2ccc(Oc3cc(C(=O)Nc4ccccc4C)c(O)c4ccccc34)c([N+](=O)[O-])c2)cc1. The Morgan fingerprint density at radius 2 is 1.69 bits per heavy atom. The monoisotopic (exact) mass is 663 g/mol. The van der Waals surface area contributed by atoms with Gasteiger partial charge in [0.15, 0.2) is 0 Å². The fraction of sp³-hybridized carbons (Fsp3) is 0.118. The van der Waals surface area contributed by atoms with E-state index in [1.807, 2.05) is 43.3 Å². The molecule has 0 aliphatic rings. The number of fused-ring (bicyclic) bond motifs is 1. The number of hydrogen-bond donors (Lipinski definition) is 3. The third kappa shape index (κ3) is 6.98. The highest BCUT2D eigenvalue weighted by molar-refractivity contribution is 7.98. The summed E-state index contributed by atoms with van der Waals surface area (Å²) in [5.74, 6) is 0.445. The zero-order chi connectivity index (χ0) is 33.6. The molecule has 0 saturated carbocycles. The molecule has 5 aromatic carbocycles. The predicted octanol–water partition coefficient (Wildman–Crippen LogP) is 6.84. The number of phenolic OH excluding ortho intramolecular Hbond substituents is 1. The number of carbonyl (C=O) groups excluding carboxylic acids is 1. The highest BCUT2D eigenvalue weighted by Crippen LogP contribution is 2.41. The molecular weight excluding hydrogens is 634 g/mol. The average molecular weight is 664 g/mol. The number of carbonyl (C=O) groups is 1. The lowest BCUT2D eigenvalue weighted by molar-refractivity contribution is -0.385. The van der Waals surface area contributed by atoms with E-state index in [4.69, 9.17) is 9.47 Å². The summed E-state index contributed by atoms with van der Waals surface area (Å²) in [6.45, 7) is 2.32. The molecule has 0 atom stereocenters. The number of aromatic hydroxyl groups is 1. The van der Waals surface area contributed by atoms with Crippen molar-refractivity contribution in [1.82, 2.24) is 20.3 Å². The van der Waals surface area contributed by atoms with Crippen molar-refractivity contribution in [1.29, 1.82) is 0 Å². The molecule has 1 heterocycles. The van der Waals surface area contributed by atoms with Crippen molar-refractivity contribution in [2.75, 3.05) is 17.9 Å². The topological polar surface area (TPSA) is 167 Å². The minimum Gasteiger partial charge on any atom is -0.506 e. The molecule has 6 aromatic rings. The number of nitrogens with zero attached hydrogens (tertiary/aromatic N) is 5. The maximum atomic E-state index is 13.3. The van der Waals surface area contributed by atoms with E-state index in [1.165, 1.54) is 34.8 Å². The molecule has 0 spiro atoms. The van der Waals surface area contributed by atoms with Crippen molar-refractivity contribution in [3.63, 3.8) is 0 Å². The number of anilines is 1. The van der Waals surface area contributed by atoms with Crippen LogP contribution < -0.4 is 20.2 Å².